The van der Waals surface area contributed by atoms with Crippen molar-refractivity contribution in [1.29, 1.82) is 0 Å². The van der Waals surface area contributed by atoms with Gasteiger partial charge in [-0.15, -0.1) is 0 Å². The van der Waals surface area contributed by atoms with Gasteiger partial charge in [-0.3, -0.25) is 9.59 Å². The third-order valence-corrected chi connectivity index (χ3v) is 5.05. The summed E-state index contributed by atoms with van der Waals surface area (Å²) in [4.78, 5) is 21.7. The van der Waals surface area contributed by atoms with E-state index in [1.807, 2.05) is 60.7 Å². The summed E-state index contributed by atoms with van der Waals surface area (Å²) >= 11 is 0. The Morgan fingerprint density at radius 1 is 0.467 bits per heavy atom. The van der Waals surface area contributed by atoms with E-state index in [2.05, 4.69) is 48.6 Å². The van der Waals surface area contributed by atoms with Crippen LogP contribution in [0.4, 0.5) is 0 Å². The maximum Gasteiger partial charge on any atom is 0.150 e. The molecular weight excluding hydrogens is 368 g/mol. The van der Waals surface area contributed by atoms with Gasteiger partial charge in [0.25, 0.3) is 0 Å². The van der Waals surface area contributed by atoms with Crippen LogP contribution in [0.15, 0.2) is 84.9 Å². The van der Waals surface area contributed by atoms with E-state index < -0.39 is 0 Å². The zero-order valence-electron chi connectivity index (χ0n) is 16.4. The minimum Gasteiger partial charge on any atom is -0.298 e. The van der Waals surface area contributed by atoms with Crippen molar-refractivity contribution in [1.82, 2.24) is 0 Å². The number of hydrogen-bond donors (Lipinski definition) is 0. The van der Waals surface area contributed by atoms with Crippen LogP contribution in [-0.2, 0) is 0 Å². The highest BCUT2D eigenvalue weighted by Crippen LogP contribution is 2.26. The molecule has 0 aliphatic carbocycles. The maximum atomic E-state index is 10.9. The summed E-state index contributed by atoms with van der Waals surface area (Å²) in [6, 6.07) is 27.6. The lowest BCUT2D eigenvalue weighted by Gasteiger charge is -2.07. The van der Waals surface area contributed by atoms with Crippen LogP contribution in [0, 0.1) is 0 Å². The highest BCUT2D eigenvalue weighted by Gasteiger charge is 2.03. The first kappa shape index (κ1) is 19.3. The second kappa shape index (κ2) is 8.97. The molecule has 0 aromatic heterocycles. The Hall–Kier alpha value is -4.04. The molecule has 0 bridgehead atoms. The molecule has 30 heavy (non-hydrogen) atoms. The number of benzene rings is 4. The van der Waals surface area contributed by atoms with Crippen molar-refractivity contribution in [2.75, 3.05) is 0 Å². The summed E-state index contributed by atoms with van der Waals surface area (Å²) in [7, 11) is 0. The molecule has 144 valence electrons. The van der Waals surface area contributed by atoms with E-state index in [4.69, 9.17) is 0 Å². The molecule has 0 spiro atoms. The van der Waals surface area contributed by atoms with Gasteiger partial charge in [-0.2, -0.15) is 0 Å². The molecule has 4 rings (SSSR count). The van der Waals surface area contributed by atoms with Crippen LogP contribution in [-0.4, -0.2) is 12.6 Å². The predicted octanol–water partition coefficient (Wildman–Crippen LogP) is 6.81. The van der Waals surface area contributed by atoms with Gasteiger partial charge in [0.1, 0.15) is 12.6 Å². The van der Waals surface area contributed by atoms with Crippen LogP contribution in [0.2, 0.25) is 0 Å². The molecule has 0 saturated heterocycles. The molecule has 2 nitrogen and oxygen atoms in total. The number of aldehydes is 2. The summed E-state index contributed by atoms with van der Waals surface area (Å²) in [5, 5.41) is 2.36. The Kier molecular flexibility index (Phi) is 5.77. The first-order valence-corrected chi connectivity index (χ1v) is 9.75. The van der Waals surface area contributed by atoms with Crippen molar-refractivity contribution < 1.29 is 9.59 Å². The second-order valence-corrected chi connectivity index (χ2v) is 7.03. The number of fused-ring (bicyclic) bond motifs is 1. The number of carbonyl (C=O) groups is 2. The Bertz CT molecular complexity index is 1240. The predicted molar refractivity (Wildman–Crippen MR) is 125 cm³/mol. The van der Waals surface area contributed by atoms with E-state index in [1.54, 1.807) is 0 Å². The van der Waals surface area contributed by atoms with Gasteiger partial charge in [0.05, 0.1) is 0 Å². The topological polar surface area (TPSA) is 34.1 Å². The molecule has 2 heteroatoms. The molecule has 0 heterocycles. The maximum absolute atomic E-state index is 10.9. The van der Waals surface area contributed by atoms with Crippen LogP contribution < -0.4 is 0 Å². The summed E-state index contributed by atoms with van der Waals surface area (Å²) in [5.41, 5.74) is 5.65. The highest BCUT2D eigenvalue weighted by atomic mass is 16.1. The van der Waals surface area contributed by atoms with Gasteiger partial charge in [0.2, 0.25) is 0 Å². The van der Waals surface area contributed by atoms with Gasteiger partial charge in [0, 0.05) is 11.1 Å². The van der Waals surface area contributed by atoms with E-state index in [0.717, 1.165) is 34.8 Å². The Balaban J connectivity index is 1.73. The zero-order chi connectivity index (χ0) is 20.8. The highest BCUT2D eigenvalue weighted by molar-refractivity contribution is 5.97. The first-order valence-electron chi connectivity index (χ1n) is 9.75. The third-order valence-electron chi connectivity index (χ3n) is 5.05. The molecule has 0 unspecified atom stereocenters. The number of hydrogen-bond acceptors (Lipinski definition) is 2. The van der Waals surface area contributed by atoms with Gasteiger partial charge >= 0.3 is 0 Å². The fourth-order valence-corrected chi connectivity index (χ4v) is 3.38. The Labute approximate surface area is 175 Å². The average Bonchev–Trinajstić information content (AvgIpc) is 2.82. The van der Waals surface area contributed by atoms with E-state index in [1.165, 1.54) is 10.8 Å². The van der Waals surface area contributed by atoms with Gasteiger partial charge < -0.3 is 0 Å². The molecule has 0 aliphatic rings. The van der Waals surface area contributed by atoms with Gasteiger partial charge in [0.15, 0.2) is 0 Å². The van der Waals surface area contributed by atoms with E-state index in [0.29, 0.717) is 11.1 Å². The number of rotatable bonds is 6. The average molecular weight is 388 g/mol. The standard InChI is InChI=1S/C28H20O2/c29-19-23-9-5-21(6-10-23)13-15-26-17-16-25-3-1-2-4-27(25)28(26)18-14-22-7-11-24(20-30)12-8-22/h1-20H/b15-13+,18-14+. The minimum atomic E-state index is 0.668. The van der Waals surface area contributed by atoms with Crippen LogP contribution in [0.3, 0.4) is 0 Å². The summed E-state index contributed by atoms with van der Waals surface area (Å²) in [6.07, 6.45) is 10.0. The Morgan fingerprint density at radius 2 is 1.00 bits per heavy atom. The van der Waals surface area contributed by atoms with E-state index in [9.17, 15) is 9.59 Å². The Morgan fingerprint density at radius 3 is 1.60 bits per heavy atom. The molecule has 0 fully saturated rings. The molecule has 0 aliphatic heterocycles. The van der Waals surface area contributed by atoms with Gasteiger partial charge in [-0.1, -0.05) is 109 Å². The first-order chi connectivity index (χ1) is 14.8. The van der Waals surface area contributed by atoms with Crippen molar-refractivity contribution in [3.8, 4) is 0 Å². The van der Waals surface area contributed by atoms with Crippen LogP contribution >= 0.6 is 0 Å². The minimum absolute atomic E-state index is 0.668. The van der Waals surface area contributed by atoms with Crippen molar-refractivity contribution in [2.45, 2.75) is 0 Å². The quantitative estimate of drug-likeness (QED) is 0.269. The molecule has 0 saturated carbocycles. The summed E-state index contributed by atoms with van der Waals surface area (Å²) < 4.78 is 0. The largest absolute Gasteiger partial charge is 0.298 e. The number of carbonyl (C=O) groups excluding carboxylic acids is 2. The zero-order valence-corrected chi connectivity index (χ0v) is 16.4. The summed E-state index contributed by atoms with van der Waals surface area (Å²) in [6.45, 7) is 0. The van der Waals surface area contributed by atoms with Gasteiger partial charge in [-0.05, 0) is 33.0 Å². The molecule has 4 aromatic rings. The van der Waals surface area contributed by atoms with Crippen molar-refractivity contribution in [2.24, 2.45) is 0 Å². The molecule has 0 N–H and O–H groups in total. The third kappa shape index (κ3) is 4.34. The van der Waals surface area contributed by atoms with Crippen LogP contribution in [0.1, 0.15) is 43.0 Å². The van der Waals surface area contributed by atoms with Crippen molar-refractivity contribution in [3.63, 3.8) is 0 Å². The smallest absolute Gasteiger partial charge is 0.150 e. The van der Waals surface area contributed by atoms with E-state index >= 15 is 0 Å². The fourth-order valence-electron chi connectivity index (χ4n) is 3.38. The molecule has 0 amide bonds. The van der Waals surface area contributed by atoms with Crippen molar-refractivity contribution in [3.05, 3.63) is 118 Å². The lowest BCUT2D eigenvalue weighted by atomic mass is 9.97. The normalized spacial score (nSPS) is 11.3. The summed E-state index contributed by atoms with van der Waals surface area (Å²) in [5.74, 6) is 0. The monoisotopic (exact) mass is 388 g/mol. The van der Waals surface area contributed by atoms with E-state index in [-0.39, 0.29) is 0 Å². The molecule has 0 radical (unpaired) electrons. The second-order valence-electron chi connectivity index (χ2n) is 7.03. The van der Waals surface area contributed by atoms with Gasteiger partial charge in [-0.25, -0.2) is 0 Å². The van der Waals surface area contributed by atoms with Crippen LogP contribution in [0.5, 0.6) is 0 Å². The lowest BCUT2D eigenvalue weighted by Crippen LogP contribution is -1.85. The molecule has 0 atom stereocenters. The molecule has 4 aromatic carbocycles. The lowest BCUT2D eigenvalue weighted by molar-refractivity contribution is 0.111. The van der Waals surface area contributed by atoms with Crippen LogP contribution in [0.25, 0.3) is 35.1 Å². The molecular formula is C28H20O2. The van der Waals surface area contributed by atoms with Crippen molar-refractivity contribution >= 4 is 47.6 Å². The SMILES string of the molecule is O=Cc1ccc(/C=C/c2ccc3ccccc3c2/C=C/c2ccc(C=O)cc2)cc1. The fraction of sp³-hybridized carbons (Fsp3) is 0.